The highest BCUT2D eigenvalue weighted by atomic mass is 32.1. The molecule has 1 aromatic heterocycles. The van der Waals surface area contributed by atoms with Gasteiger partial charge in [0.1, 0.15) is 6.54 Å². The first kappa shape index (κ1) is 23.0. The maximum absolute atomic E-state index is 12.4. The smallest absolute Gasteiger partial charge is 0.322 e. The molecule has 0 aliphatic rings. The van der Waals surface area contributed by atoms with E-state index in [0.717, 1.165) is 21.6 Å². The van der Waals surface area contributed by atoms with Crippen LogP contribution in [0.4, 0.5) is 10.5 Å². The minimum absolute atomic E-state index is 0.123. The van der Waals surface area contributed by atoms with E-state index in [-0.39, 0.29) is 18.1 Å². The molecule has 0 radical (unpaired) electrons. The Labute approximate surface area is 191 Å². The van der Waals surface area contributed by atoms with Gasteiger partial charge < -0.3 is 15.5 Å². The minimum atomic E-state index is -0.543. The van der Waals surface area contributed by atoms with Crippen molar-refractivity contribution in [2.45, 2.75) is 13.8 Å². The average Bonchev–Trinajstić information content (AvgIpc) is 3.22. The number of carbonyl (C=O) groups excluding carboxylic acids is 3. The van der Waals surface area contributed by atoms with Crippen molar-refractivity contribution in [3.05, 3.63) is 81.7 Å². The number of allylic oxidation sites excluding steroid dienone is 1. The van der Waals surface area contributed by atoms with E-state index in [1.165, 1.54) is 28.8 Å². The number of urea groups is 1. The summed E-state index contributed by atoms with van der Waals surface area (Å²) in [6.07, 6.45) is 2.21. The van der Waals surface area contributed by atoms with Crippen LogP contribution in [-0.2, 0) is 9.59 Å². The SMILES string of the molecule is Cc1ccc(-c2csc(/C=C(/C=O)NC(=O)N(C)CC(=O)Nc3cccc(C)c3)c2)cc1. The first-order chi connectivity index (χ1) is 15.3. The molecule has 0 spiro atoms. The van der Waals surface area contributed by atoms with Crippen LogP contribution in [0.25, 0.3) is 17.2 Å². The number of nitrogens with one attached hydrogen (secondary N) is 2. The summed E-state index contributed by atoms with van der Waals surface area (Å²) in [5, 5.41) is 7.31. The fourth-order valence-electron chi connectivity index (χ4n) is 3.01. The normalized spacial score (nSPS) is 11.0. The number of amides is 3. The van der Waals surface area contributed by atoms with Crippen molar-refractivity contribution in [3.8, 4) is 11.1 Å². The maximum atomic E-state index is 12.4. The predicted molar refractivity (Wildman–Crippen MR) is 130 cm³/mol. The molecule has 3 amide bonds. The number of rotatable bonds is 7. The molecule has 0 bridgehead atoms. The summed E-state index contributed by atoms with van der Waals surface area (Å²) in [4.78, 5) is 38.2. The van der Waals surface area contributed by atoms with E-state index in [9.17, 15) is 14.4 Å². The summed E-state index contributed by atoms with van der Waals surface area (Å²) < 4.78 is 0. The minimum Gasteiger partial charge on any atom is -0.325 e. The van der Waals surface area contributed by atoms with Crippen LogP contribution >= 0.6 is 11.3 Å². The molecular formula is C25H25N3O3S. The molecule has 3 rings (SSSR count). The van der Waals surface area contributed by atoms with Crippen LogP contribution in [0.1, 0.15) is 16.0 Å². The van der Waals surface area contributed by atoms with E-state index in [1.54, 1.807) is 12.1 Å². The standard InChI is InChI=1S/C25H25N3O3S/c1-17-7-9-19(10-8-17)20-12-23(32-16-20)13-22(15-29)27-25(31)28(3)14-24(30)26-21-6-4-5-18(2)11-21/h4-13,15-16H,14H2,1-3H3,(H,26,30)(H,27,31)/b22-13-. The van der Waals surface area contributed by atoms with E-state index in [2.05, 4.69) is 10.6 Å². The third-order valence-electron chi connectivity index (χ3n) is 4.71. The van der Waals surface area contributed by atoms with Gasteiger partial charge in [0, 0.05) is 17.6 Å². The number of carbonyl (C=O) groups is 3. The van der Waals surface area contributed by atoms with Gasteiger partial charge >= 0.3 is 6.03 Å². The lowest BCUT2D eigenvalue weighted by molar-refractivity contribution is -0.116. The fourth-order valence-corrected chi connectivity index (χ4v) is 3.87. The third-order valence-corrected chi connectivity index (χ3v) is 5.59. The molecule has 0 unspecified atom stereocenters. The molecule has 0 atom stereocenters. The summed E-state index contributed by atoms with van der Waals surface area (Å²) in [6.45, 7) is 3.82. The molecule has 2 aromatic carbocycles. The molecule has 2 N–H and O–H groups in total. The molecule has 3 aromatic rings. The van der Waals surface area contributed by atoms with Crippen LogP contribution in [0.3, 0.4) is 0 Å². The van der Waals surface area contributed by atoms with Gasteiger partial charge in [-0.25, -0.2) is 4.79 Å². The van der Waals surface area contributed by atoms with Gasteiger partial charge in [0.2, 0.25) is 5.91 Å². The molecule has 6 nitrogen and oxygen atoms in total. The zero-order valence-electron chi connectivity index (χ0n) is 18.2. The number of anilines is 1. The lowest BCUT2D eigenvalue weighted by Crippen LogP contribution is -2.41. The van der Waals surface area contributed by atoms with Crippen LogP contribution in [0, 0.1) is 13.8 Å². The molecule has 0 aliphatic heterocycles. The first-order valence-corrected chi connectivity index (χ1v) is 10.9. The summed E-state index contributed by atoms with van der Waals surface area (Å²) in [6, 6.07) is 17.0. The second-order valence-electron chi connectivity index (χ2n) is 7.53. The number of likely N-dealkylation sites (N-methyl/N-ethyl adjacent to an activating group) is 1. The molecule has 0 fully saturated rings. The van der Waals surface area contributed by atoms with Crippen molar-refractivity contribution in [3.63, 3.8) is 0 Å². The van der Waals surface area contributed by atoms with Crippen LogP contribution in [0.2, 0.25) is 0 Å². The molecule has 32 heavy (non-hydrogen) atoms. The van der Waals surface area contributed by atoms with E-state index < -0.39 is 6.03 Å². The number of thiophene rings is 1. The quantitative estimate of drug-likeness (QED) is 0.401. The van der Waals surface area contributed by atoms with Crippen molar-refractivity contribution < 1.29 is 14.4 Å². The summed E-state index contributed by atoms with van der Waals surface area (Å²) >= 11 is 1.48. The van der Waals surface area contributed by atoms with E-state index in [0.29, 0.717) is 12.0 Å². The Morgan fingerprint density at radius 3 is 2.44 bits per heavy atom. The zero-order chi connectivity index (χ0) is 23.1. The zero-order valence-corrected chi connectivity index (χ0v) is 19.0. The number of aryl methyl sites for hydroxylation is 2. The predicted octanol–water partition coefficient (Wildman–Crippen LogP) is 4.85. The molecular weight excluding hydrogens is 422 g/mol. The highest BCUT2D eigenvalue weighted by molar-refractivity contribution is 7.11. The molecule has 0 aliphatic carbocycles. The van der Waals surface area contributed by atoms with Crippen LogP contribution < -0.4 is 10.6 Å². The Kier molecular flexibility index (Phi) is 7.57. The Balaban J connectivity index is 1.60. The summed E-state index contributed by atoms with van der Waals surface area (Å²) in [5.74, 6) is -0.328. The van der Waals surface area contributed by atoms with Crippen molar-refractivity contribution in [2.75, 3.05) is 18.9 Å². The summed E-state index contributed by atoms with van der Waals surface area (Å²) in [7, 11) is 1.49. The van der Waals surface area contributed by atoms with Gasteiger partial charge in [-0.1, -0.05) is 42.0 Å². The molecule has 0 saturated carbocycles. The van der Waals surface area contributed by atoms with Crippen LogP contribution in [0.15, 0.2) is 65.7 Å². The number of nitrogens with zero attached hydrogens (tertiary/aromatic N) is 1. The second kappa shape index (κ2) is 10.5. The van der Waals surface area contributed by atoms with Gasteiger partial charge in [-0.15, -0.1) is 11.3 Å². The van der Waals surface area contributed by atoms with E-state index in [4.69, 9.17) is 0 Å². The van der Waals surface area contributed by atoms with Crippen molar-refractivity contribution in [1.82, 2.24) is 10.2 Å². The van der Waals surface area contributed by atoms with Gasteiger partial charge in [-0.3, -0.25) is 9.59 Å². The van der Waals surface area contributed by atoms with Crippen LogP contribution in [-0.4, -0.2) is 36.7 Å². The monoisotopic (exact) mass is 447 g/mol. The lowest BCUT2D eigenvalue weighted by atomic mass is 10.1. The average molecular weight is 448 g/mol. The van der Waals surface area contributed by atoms with Gasteiger partial charge in [-0.05, 0) is 60.2 Å². The first-order valence-electron chi connectivity index (χ1n) is 10.0. The molecule has 1 heterocycles. The number of benzene rings is 2. The third kappa shape index (κ3) is 6.39. The lowest BCUT2D eigenvalue weighted by Gasteiger charge is -2.17. The Morgan fingerprint density at radius 2 is 1.75 bits per heavy atom. The second-order valence-corrected chi connectivity index (χ2v) is 8.47. The highest BCUT2D eigenvalue weighted by Gasteiger charge is 2.14. The summed E-state index contributed by atoms with van der Waals surface area (Å²) in [5.41, 5.74) is 5.13. The van der Waals surface area contributed by atoms with Crippen molar-refractivity contribution in [1.29, 1.82) is 0 Å². The van der Waals surface area contributed by atoms with Gasteiger partial charge in [0.25, 0.3) is 0 Å². The number of aldehydes is 1. The van der Waals surface area contributed by atoms with E-state index >= 15 is 0 Å². The topological polar surface area (TPSA) is 78.5 Å². The molecule has 164 valence electrons. The Morgan fingerprint density at radius 1 is 1.00 bits per heavy atom. The largest absolute Gasteiger partial charge is 0.325 e. The van der Waals surface area contributed by atoms with Gasteiger partial charge in [0.15, 0.2) is 6.29 Å². The number of hydrogen-bond donors (Lipinski definition) is 2. The highest BCUT2D eigenvalue weighted by Crippen LogP contribution is 2.27. The van der Waals surface area contributed by atoms with Gasteiger partial charge in [0.05, 0.1) is 5.70 Å². The Hall–Kier alpha value is -3.71. The van der Waals surface area contributed by atoms with Crippen molar-refractivity contribution >= 4 is 41.3 Å². The fraction of sp³-hybridized carbons (Fsp3) is 0.160. The molecule has 0 saturated heterocycles. The van der Waals surface area contributed by atoms with E-state index in [1.807, 2.05) is 67.8 Å². The van der Waals surface area contributed by atoms with Gasteiger partial charge in [-0.2, -0.15) is 0 Å². The Bertz CT molecular complexity index is 1150. The van der Waals surface area contributed by atoms with Crippen LogP contribution in [0.5, 0.6) is 0 Å². The maximum Gasteiger partial charge on any atom is 0.322 e. The van der Waals surface area contributed by atoms with Crippen molar-refractivity contribution in [2.24, 2.45) is 0 Å². The number of hydrogen-bond acceptors (Lipinski definition) is 4. The molecule has 7 heteroatoms.